The number of amides is 1. The van der Waals surface area contributed by atoms with E-state index in [9.17, 15) is 9.90 Å². The van der Waals surface area contributed by atoms with Gasteiger partial charge < -0.3 is 20.2 Å². The first-order valence-corrected chi connectivity index (χ1v) is 12.4. The molecule has 0 spiro atoms. The molecule has 0 aromatic heterocycles. The van der Waals surface area contributed by atoms with Gasteiger partial charge in [0.25, 0.3) is 5.91 Å². The zero-order valence-electron chi connectivity index (χ0n) is 21.5. The van der Waals surface area contributed by atoms with Crippen LogP contribution < -0.4 is 10.2 Å². The molecule has 1 aliphatic heterocycles. The van der Waals surface area contributed by atoms with Gasteiger partial charge in [-0.2, -0.15) is 0 Å². The van der Waals surface area contributed by atoms with Gasteiger partial charge in [-0.15, -0.1) is 0 Å². The predicted molar refractivity (Wildman–Crippen MR) is 144 cm³/mol. The van der Waals surface area contributed by atoms with Crippen molar-refractivity contribution in [2.24, 2.45) is 0 Å². The maximum Gasteiger partial charge on any atom is 0.252 e. The molecule has 4 rings (SSSR count). The number of rotatable bonds is 6. The number of piperazine rings is 1. The number of carbonyl (C=O) groups is 1. The van der Waals surface area contributed by atoms with E-state index in [0.29, 0.717) is 0 Å². The number of aliphatic hydroxyl groups is 1. The van der Waals surface area contributed by atoms with E-state index in [-0.39, 0.29) is 11.9 Å². The van der Waals surface area contributed by atoms with Crippen LogP contribution in [0.5, 0.6) is 0 Å². The van der Waals surface area contributed by atoms with Gasteiger partial charge in [-0.25, -0.2) is 0 Å². The molecule has 3 aromatic carbocycles. The highest BCUT2D eigenvalue weighted by molar-refractivity contribution is 5.97. The molecule has 0 unspecified atom stereocenters. The lowest BCUT2D eigenvalue weighted by molar-refractivity contribution is 0.0786. The molecule has 5 heteroatoms. The van der Waals surface area contributed by atoms with Gasteiger partial charge in [0.1, 0.15) is 0 Å². The topological polar surface area (TPSA) is 55.8 Å². The molecular formula is C30H37N3O2. The molecule has 5 nitrogen and oxygen atoms in total. The maximum atomic E-state index is 13.3. The number of nitrogens with one attached hydrogen (secondary N) is 1. The summed E-state index contributed by atoms with van der Waals surface area (Å²) in [4.78, 5) is 18.0. The summed E-state index contributed by atoms with van der Waals surface area (Å²) in [7, 11) is 2.14. The second kappa shape index (κ2) is 10.2. The van der Waals surface area contributed by atoms with Crippen LogP contribution in [0.4, 0.5) is 5.69 Å². The summed E-state index contributed by atoms with van der Waals surface area (Å²) < 4.78 is 0. The van der Waals surface area contributed by atoms with Crippen LogP contribution >= 0.6 is 0 Å². The number of benzene rings is 3. The predicted octanol–water partition coefficient (Wildman–Crippen LogP) is 5.13. The van der Waals surface area contributed by atoms with Crippen molar-refractivity contribution in [3.8, 4) is 11.1 Å². The maximum absolute atomic E-state index is 13.3. The van der Waals surface area contributed by atoms with Crippen LogP contribution in [0.1, 0.15) is 53.9 Å². The molecule has 1 aliphatic rings. The van der Waals surface area contributed by atoms with Gasteiger partial charge in [0, 0.05) is 37.4 Å². The molecule has 2 N–H and O–H groups in total. The van der Waals surface area contributed by atoms with Gasteiger partial charge in [0.05, 0.1) is 11.6 Å². The number of aryl methyl sites for hydroxylation is 1. The third-order valence-corrected chi connectivity index (χ3v) is 6.97. The summed E-state index contributed by atoms with van der Waals surface area (Å²) in [6.07, 6.45) is 0. The van der Waals surface area contributed by atoms with E-state index in [0.717, 1.165) is 65.2 Å². The van der Waals surface area contributed by atoms with Crippen molar-refractivity contribution in [2.45, 2.75) is 39.3 Å². The highest BCUT2D eigenvalue weighted by Crippen LogP contribution is 2.28. The first kappa shape index (κ1) is 25.0. The first-order chi connectivity index (χ1) is 16.6. The Balaban J connectivity index is 1.51. The Labute approximate surface area is 209 Å². The van der Waals surface area contributed by atoms with Crippen LogP contribution in [0, 0.1) is 6.92 Å². The second-order valence-electron chi connectivity index (χ2n) is 10.2. The van der Waals surface area contributed by atoms with Crippen molar-refractivity contribution < 1.29 is 9.90 Å². The van der Waals surface area contributed by atoms with E-state index in [2.05, 4.69) is 40.4 Å². The zero-order chi connectivity index (χ0) is 25.2. The van der Waals surface area contributed by atoms with E-state index in [1.54, 1.807) is 13.8 Å². The summed E-state index contributed by atoms with van der Waals surface area (Å²) in [6, 6.07) is 22.3. The molecular weight excluding hydrogens is 434 g/mol. The molecule has 1 fully saturated rings. The van der Waals surface area contributed by atoms with Crippen LogP contribution in [-0.2, 0) is 5.60 Å². The molecule has 184 valence electrons. The number of anilines is 1. The summed E-state index contributed by atoms with van der Waals surface area (Å²) in [5.41, 5.74) is 5.92. The zero-order valence-corrected chi connectivity index (χ0v) is 21.5. The molecule has 0 radical (unpaired) electrons. The minimum absolute atomic E-state index is 0.0552. The Kier molecular flexibility index (Phi) is 7.29. The lowest BCUT2D eigenvalue weighted by atomic mass is 9.93. The SMILES string of the molecule is Cc1ccc(N2CCN(C)CC2)cc1C(=O)N[C@H](C)c1cccc(-c2cccc(C(C)(C)O)c2)c1. The molecule has 1 atom stereocenters. The summed E-state index contributed by atoms with van der Waals surface area (Å²) in [5, 5.41) is 13.6. The van der Waals surface area contributed by atoms with E-state index in [1.807, 2.05) is 62.4 Å². The minimum Gasteiger partial charge on any atom is -0.386 e. The Hall–Kier alpha value is -3.15. The van der Waals surface area contributed by atoms with Crippen molar-refractivity contribution in [3.63, 3.8) is 0 Å². The summed E-state index contributed by atoms with van der Waals surface area (Å²) >= 11 is 0. The minimum atomic E-state index is -0.897. The average Bonchev–Trinajstić information content (AvgIpc) is 2.84. The van der Waals surface area contributed by atoms with Gasteiger partial charge >= 0.3 is 0 Å². The van der Waals surface area contributed by atoms with Crippen molar-refractivity contribution in [2.75, 3.05) is 38.1 Å². The standard InChI is InChI=1S/C30H37N3O2/c1-21-12-13-27(33-16-14-32(5)15-17-33)20-28(21)29(34)31-22(2)23-8-6-9-24(18-23)25-10-7-11-26(19-25)30(3,4)35/h6-13,18-20,22,35H,14-17H2,1-5H3,(H,31,34)/t22-/m1/s1. The fourth-order valence-corrected chi connectivity index (χ4v) is 4.54. The first-order valence-electron chi connectivity index (χ1n) is 12.4. The molecule has 0 bridgehead atoms. The average molecular weight is 472 g/mol. The van der Waals surface area contributed by atoms with Crippen molar-refractivity contribution in [1.82, 2.24) is 10.2 Å². The van der Waals surface area contributed by atoms with Crippen molar-refractivity contribution in [1.29, 1.82) is 0 Å². The highest BCUT2D eigenvalue weighted by Gasteiger charge is 2.19. The Morgan fingerprint density at radius 3 is 2.29 bits per heavy atom. The molecule has 3 aromatic rings. The Morgan fingerprint density at radius 2 is 1.60 bits per heavy atom. The van der Waals surface area contributed by atoms with Crippen LogP contribution in [0.2, 0.25) is 0 Å². The van der Waals surface area contributed by atoms with E-state index in [4.69, 9.17) is 0 Å². The lowest BCUT2D eigenvalue weighted by Gasteiger charge is -2.34. The third kappa shape index (κ3) is 5.92. The molecule has 0 aliphatic carbocycles. The number of hydrogen-bond acceptors (Lipinski definition) is 4. The van der Waals surface area contributed by atoms with Crippen LogP contribution in [-0.4, -0.2) is 49.1 Å². The fourth-order valence-electron chi connectivity index (χ4n) is 4.54. The lowest BCUT2D eigenvalue weighted by Crippen LogP contribution is -2.44. The quantitative estimate of drug-likeness (QED) is 0.523. The van der Waals surface area contributed by atoms with Gasteiger partial charge in [0.15, 0.2) is 0 Å². The molecule has 0 saturated carbocycles. The number of hydrogen-bond donors (Lipinski definition) is 2. The van der Waals surface area contributed by atoms with Crippen LogP contribution in [0.3, 0.4) is 0 Å². The van der Waals surface area contributed by atoms with Gasteiger partial charge in [-0.05, 0) is 86.8 Å². The summed E-state index contributed by atoms with van der Waals surface area (Å²) in [5.74, 6) is -0.0552. The number of carbonyl (C=O) groups excluding carboxylic acids is 1. The van der Waals surface area contributed by atoms with Crippen LogP contribution in [0.15, 0.2) is 66.7 Å². The number of nitrogens with zero attached hydrogens (tertiary/aromatic N) is 2. The molecule has 1 saturated heterocycles. The van der Waals surface area contributed by atoms with Gasteiger partial charge in [-0.3, -0.25) is 4.79 Å². The highest BCUT2D eigenvalue weighted by atomic mass is 16.3. The second-order valence-corrected chi connectivity index (χ2v) is 10.2. The third-order valence-electron chi connectivity index (χ3n) is 6.97. The Bertz CT molecular complexity index is 1190. The van der Waals surface area contributed by atoms with Gasteiger partial charge in [-0.1, -0.05) is 42.5 Å². The number of likely N-dealkylation sites (N-methyl/N-ethyl adjacent to an activating group) is 1. The smallest absolute Gasteiger partial charge is 0.252 e. The fraction of sp³-hybridized carbons (Fsp3) is 0.367. The van der Waals surface area contributed by atoms with E-state index >= 15 is 0 Å². The normalized spacial score (nSPS) is 15.7. The van der Waals surface area contributed by atoms with Crippen molar-refractivity contribution in [3.05, 3.63) is 89.0 Å². The van der Waals surface area contributed by atoms with E-state index in [1.165, 1.54) is 0 Å². The van der Waals surface area contributed by atoms with Crippen LogP contribution in [0.25, 0.3) is 11.1 Å². The Morgan fingerprint density at radius 1 is 0.943 bits per heavy atom. The largest absolute Gasteiger partial charge is 0.386 e. The van der Waals surface area contributed by atoms with E-state index < -0.39 is 5.60 Å². The summed E-state index contributed by atoms with van der Waals surface area (Å²) in [6.45, 7) is 11.6. The van der Waals surface area contributed by atoms with Gasteiger partial charge in [0.2, 0.25) is 0 Å². The molecule has 35 heavy (non-hydrogen) atoms. The van der Waals surface area contributed by atoms with Crippen molar-refractivity contribution >= 4 is 11.6 Å². The monoisotopic (exact) mass is 471 g/mol. The molecule has 1 amide bonds. The molecule has 1 heterocycles.